The minimum atomic E-state index is 0.285. The number of likely N-dealkylation sites (tertiary alicyclic amines) is 1. The summed E-state index contributed by atoms with van der Waals surface area (Å²) in [5.74, 6) is 1.26. The molecule has 5 heteroatoms. The predicted octanol–water partition coefficient (Wildman–Crippen LogP) is 3.40. The van der Waals surface area contributed by atoms with Crippen molar-refractivity contribution in [3.8, 4) is 0 Å². The van der Waals surface area contributed by atoms with Gasteiger partial charge in [-0.15, -0.1) is 0 Å². The van der Waals surface area contributed by atoms with Crippen LogP contribution in [0.25, 0.3) is 11.1 Å². The molecule has 0 aliphatic carbocycles. The molecule has 0 saturated carbocycles. The molecular weight excluding hydrogens is 286 g/mol. The Morgan fingerprint density at radius 2 is 2.19 bits per heavy atom. The lowest BCUT2D eigenvalue weighted by Crippen LogP contribution is -2.41. The Morgan fingerprint density at radius 1 is 1.43 bits per heavy atom. The van der Waals surface area contributed by atoms with Crippen LogP contribution >= 0.6 is 11.6 Å². The maximum Gasteiger partial charge on any atom is 0.198 e. The Morgan fingerprint density at radius 3 is 2.90 bits per heavy atom. The zero-order valence-electron chi connectivity index (χ0n) is 12.4. The van der Waals surface area contributed by atoms with Crippen LogP contribution in [-0.4, -0.2) is 35.6 Å². The molecule has 21 heavy (non-hydrogen) atoms. The van der Waals surface area contributed by atoms with Gasteiger partial charge >= 0.3 is 0 Å². The Kier molecular flexibility index (Phi) is 4.48. The SMILES string of the molecule is CCC(N)CN1CCC(c2nc3cc(Cl)ccc3o2)CC1. The molecule has 1 atom stereocenters. The molecule has 114 valence electrons. The molecule has 2 heterocycles. The van der Waals surface area contributed by atoms with Gasteiger partial charge in [0.1, 0.15) is 5.52 Å². The first-order valence-corrected chi connectivity index (χ1v) is 8.07. The van der Waals surface area contributed by atoms with Crippen LogP contribution < -0.4 is 5.73 Å². The van der Waals surface area contributed by atoms with Crippen molar-refractivity contribution in [3.63, 3.8) is 0 Å². The maximum absolute atomic E-state index is 6.03. The largest absolute Gasteiger partial charge is 0.440 e. The number of hydrogen-bond donors (Lipinski definition) is 1. The highest BCUT2D eigenvalue weighted by Gasteiger charge is 2.25. The molecule has 0 radical (unpaired) electrons. The maximum atomic E-state index is 6.03. The van der Waals surface area contributed by atoms with E-state index in [0.717, 1.165) is 55.9 Å². The highest BCUT2D eigenvalue weighted by Crippen LogP contribution is 2.30. The van der Waals surface area contributed by atoms with Gasteiger partial charge in [-0.2, -0.15) is 0 Å². The van der Waals surface area contributed by atoms with E-state index in [1.54, 1.807) is 0 Å². The van der Waals surface area contributed by atoms with Crippen LogP contribution in [0.1, 0.15) is 38.0 Å². The number of fused-ring (bicyclic) bond motifs is 1. The van der Waals surface area contributed by atoms with Crippen molar-refractivity contribution in [2.24, 2.45) is 5.73 Å². The van der Waals surface area contributed by atoms with Crippen LogP contribution in [0.5, 0.6) is 0 Å². The topological polar surface area (TPSA) is 55.3 Å². The minimum Gasteiger partial charge on any atom is -0.440 e. The number of oxazole rings is 1. The first-order valence-electron chi connectivity index (χ1n) is 7.69. The van der Waals surface area contributed by atoms with Gasteiger partial charge in [0.15, 0.2) is 11.5 Å². The van der Waals surface area contributed by atoms with E-state index in [2.05, 4.69) is 16.8 Å². The molecule has 0 spiro atoms. The number of benzene rings is 1. The Bertz CT molecular complexity index is 605. The molecule has 4 nitrogen and oxygen atoms in total. The van der Waals surface area contributed by atoms with Gasteiger partial charge in [0, 0.05) is 23.5 Å². The summed E-state index contributed by atoms with van der Waals surface area (Å²) in [6.45, 7) is 5.27. The average molecular weight is 308 g/mol. The molecule has 0 amide bonds. The van der Waals surface area contributed by atoms with Crippen LogP contribution in [-0.2, 0) is 0 Å². The zero-order chi connectivity index (χ0) is 14.8. The lowest BCUT2D eigenvalue weighted by molar-refractivity contribution is 0.190. The van der Waals surface area contributed by atoms with Gasteiger partial charge in [0.25, 0.3) is 0 Å². The van der Waals surface area contributed by atoms with E-state index in [9.17, 15) is 0 Å². The number of hydrogen-bond acceptors (Lipinski definition) is 4. The fourth-order valence-electron chi connectivity index (χ4n) is 2.92. The number of piperidine rings is 1. The molecule has 1 fully saturated rings. The van der Waals surface area contributed by atoms with E-state index in [1.165, 1.54) is 0 Å². The molecule has 1 aliphatic rings. The molecule has 1 aliphatic heterocycles. The summed E-state index contributed by atoms with van der Waals surface area (Å²) in [6, 6.07) is 5.88. The van der Waals surface area contributed by atoms with Gasteiger partial charge in [-0.3, -0.25) is 0 Å². The van der Waals surface area contributed by atoms with E-state index in [1.807, 2.05) is 18.2 Å². The monoisotopic (exact) mass is 307 g/mol. The van der Waals surface area contributed by atoms with E-state index in [-0.39, 0.29) is 6.04 Å². The highest BCUT2D eigenvalue weighted by molar-refractivity contribution is 6.31. The first-order chi connectivity index (χ1) is 10.2. The lowest BCUT2D eigenvalue weighted by atomic mass is 9.96. The summed E-state index contributed by atoms with van der Waals surface area (Å²) in [5.41, 5.74) is 7.71. The second-order valence-corrected chi connectivity index (χ2v) is 6.34. The molecular formula is C16H22ClN3O. The van der Waals surface area contributed by atoms with Gasteiger partial charge < -0.3 is 15.1 Å². The van der Waals surface area contributed by atoms with Crippen LogP contribution in [0.3, 0.4) is 0 Å². The van der Waals surface area contributed by atoms with Crippen molar-refractivity contribution in [2.45, 2.75) is 38.1 Å². The average Bonchev–Trinajstić information content (AvgIpc) is 2.90. The van der Waals surface area contributed by atoms with Gasteiger partial charge in [-0.1, -0.05) is 18.5 Å². The van der Waals surface area contributed by atoms with Gasteiger partial charge in [-0.25, -0.2) is 4.98 Å². The van der Waals surface area contributed by atoms with Crippen molar-refractivity contribution in [1.29, 1.82) is 0 Å². The summed E-state index contributed by atoms with van der Waals surface area (Å²) >= 11 is 5.99. The molecule has 1 aromatic carbocycles. The highest BCUT2D eigenvalue weighted by atomic mass is 35.5. The lowest BCUT2D eigenvalue weighted by Gasteiger charge is -2.32. The fraction of sp³-hybridized carbons (Fsp3) is 0.562. The van der Waals surface area contributed by atoms with Crippen LogP contribution in [0.15, 0.2) is 22.6 Å². The van der Waals surface area contributed by atoms with Crippen molar-refractivity contribution in [1.82, 2.24) is 9.88 Å². The number of halogens is 1. The quantitative estimate of drug-likeness (QED) is 0.940. The van der Waals surface area contributed by atoms with E-state index >= 15 is 0 Å². The van der Waals surface area contributed by atoms with E-state index in [0.29, 0.717) is 10.9 Å². The van der Waals surface area contributed by atoms with Gasteiger partial charge in [0.2, 0.25) is 0 Å². The summed E-state index contributed by atoms with van der Waals surface area (Å²) < 4.78 is 5.89. The molecule has 0 bridgehead atoms. The molecule has 1 unspecified atom stereocenters. The Hall–Kier alpha value is -1.10. The summed E-state index contributed by atoms with van der Waals surface area (Å²) in [7, 11) is 0. The predicted molar refractivity (Wildman–Crippen MR) is 85.7 cm³/mol. The molecule has 1 aromatic heterocycles. The number of nitrogens with zero attached hydrogens (tertiary/aromatic N) is 2. The normalized spacial score (nSPS) is 19.2. The number of nitrogens with two attached hydrogens (primary N) is 1. The second kappa shape index (κ2) is 6.34. The van der Waals surface area contributed by atoms with Crippen molar-refractivity contribution < 1.29 is 4.42 Å². The summed E-state index contributed by atoms with van der Waals surface area (Å²) in [5, 5.41) is 0.700. The summed E-state index contributed by atoms with van der Waals surface area (Å²) in [4.78, 5) is 7.05. The van der Waals surface area contributed by atoms with Gasteiger partial charge in [-0.05, 0) is 50.6 Å². The molecule has 2 aromatic rings. The van der Waals surface area contributed by atoms with E-state index in [4.69, 9.17) is 21.8 Å². The van der Waals surface area contributed by atoms with Crippen LogP contribution in [0.4, 0.5) is 0 Å². The third kappa shape index (κ3) is 3.39. The third-order valence-corrected chi connectivity index (χ3v) is 4.56. The first kappa shape index (κ1) is 14.8. The molecule has 1 saturated heterocycles. The van der Waals surface area contributed by atoms with Crippen molar-refractivity contribution in [3.05, 3.63) is 29.1 Å². The van der Waals surface area contributed by atoms with Crippen molar-refractivity contribution in [2.75, 3.05) is 19.6 Å². The number of rotatable bonds is 4. The number of aromatic nitrogens is 1. The molecule has 2 N–H and O–H groups in total. The zero-order valence-corrected chi connectivity index (χ0v) is 13.1. The second-order valence-electron chi connectivity index (χ2n) is 5.91. The summed E-state index contributed by atoms with van der Waals surface area (Å²) in [6.07, 6.45) is 3.19. The standard InChI is InChI=1S/C16H22ClN3O/c1-2-13(18)10-20-7-5-11(6-8-20)16-19-14-9-12(17)3-4-15(14)21-16/h3-4,9,11,13H,2,5-8,10,18H2,1H3. The third-order valence-electron chi connectivity index (χ3n) is 4.32. The Labute approximate surface area is 130 Å². The van der Waals surface area contributed by atoms with E-state index < -0.39 is 0 Å². The minimum absolute atomic E-state index is 0.285. The smallest absolute Gasteiger partial charge is 0.198 e. The Balaban J connectivity index is 1.65. The van der Waals surface area contributed by atoms with Gasteiger partial charge in [0.05, 0.1) is 0 Å². The van der Waals surface area contributed by atoms with Crippen LogP contribution in [0.2, 0.25) is 5.02 Å². The fourth-order valence-corrected chi connectivity index (χ4v) is 3.08. The molecule has 3 rings (SSSR count). The van der Waals surface area contributed by atoms with Crippen molar-refractivity contribution >= 4 is 22.7 Å². The van der Waals surface area contributed by atoms with Crippen LogP contribution in [0, 0.1) is 0 Å².